The van der Waals surface area contributed by atoms with E-state index in [4.69, 9.17) is 4.42 Å². The van der Waals surface area contributed by atoms with Crippen LogP contribution in [0.25, 0.3) is 28.5 Å². The largest absolute Gasteiger partial charge is 0.436 e. The van der Waals surface area contributed by atoms with Crippen LogP contribution in [0.1, 0.15) is 5.82 Å². The molecule has 1 aromatic carbocycles. The van der Waals surface area contributed by atoms with Gasteiger partial charge in [0, 0.05) is 24.8 Å². The van der Waals surface area contributed by atoms with Crippen molar-refractivity contribution in [3.63, 3.8) is 0 Å². The number of para-hydroxylation sites is 2. The van der Waals surface area contributed by atoms with Crippen LogP contribution in [0.15, 0.2) is 53.5 Å². The quantitative estimate of drug-likeness (QED) is 0.563. The molecule has 0 saturated heterocycles. The molecule has 0 aliphatic carbocycles. The first-order valence-corrected chi connectivity index (χ1v) is 6.49. The maximum absolute atomic E-state index is 5.70. The first kappa shape index (κ1) is 11.8. The van der Waals surface area contributed by atoms with E-state index in [1.54, 1.807) is 18.6 Å². The third kappa shape index (κ3) is 1.97. The predicted molar refractivity (Wildman–Crippen MR) is 76.9 cm³/mol. The van der Waals surface area contributed by atoms with Crippen molar-refractivity contribution in [2.45, 2.75) is 6.92 Å². The standard InChI is InChI=1S/C15H11N5O/c1-10-16-6-7-20(10)15-17-8-11(9-18-15)14-19-12-4-2-3-5-13(12)21-14/h2-9H,1H3. The van der Waals surface area contributed by atoms with E-state index in [0.29, 0.717) is 11.8 Å². The average Bonchev–Trinajstić information content (AvgIpc) is 3.13. The maximum atomic E-state index is 5.70. The summed E-state index contributed by atoms with van der Waals surface area (Å²) in [6.45, 7) is 1.90. The fourth-order valence-electron chi connectivity index (χ4n) is 2.14. The summed E-state index contributed by atoms with van der Waals surface area (Å²) in [7, 11) is 0. The normalized spacial score (nSPS) is 11.1. The summed E-state index contributed by atoms with van der Waals surface area (Å²) in [4.78, 5) is 17.3. The number of hydrogen-bond acceptors (Lipinski definition) is 5. The van der Waals surface area contributed by atoms with E-state index >= 15 is 0 Å². The minimum atomic E-state index is 0.519. The van der Waals surface area contributed by atoms with Gasteiger partial charge in [0.25, 0.3) is 0 Å². The molecule has 21 heavy (non-hydrogen) atoms. The van der Waals surface area contributed by atoms with Crippen LogP contribution in [0.3, 0.4) is 0 Å². The number of oxazole rings is 1. The van der Waals surface area contributed by atoms with Gasteiger partial charge in [0.1, 0.15) is 11.3 Å². The van der Waals surface area contributed by atoms with E-state index in [1.165, 1.54) is 0 Å². The molecule has 0 atom stereocenters. The summed E-state index contributed by atoms with van der Waals surface area (Å²) in [5, 5.41) is 0. The number of rotatable bonds is 2. The van der Waals surface area contributed by atoms with Gasteiger partial charge >= 0.3 is 0 Å². The van der Waals surface area contributed by atoms with Crippen LogP contribution in [0, 0.1) is 6.92 Å². The van der Waals surface area contributed by atoms with Gasteiger partial charge in [-0.25, -0.2) is 19.9 Å². The molecule has 0 aliphatic rings. The van der Waals surface area contributed by atoms with Gasteiger partial charge in [0.15, 0.2) is 5.58 Å². The van der Waals surface area contributed by atoms with Gasteiger partial charge in [-0.2, -0.15) is 0 Å². The molecule has 4 rings (SSSR count). The molecule has 6 heteroatoms. The molecule has 102 valence electrons. The van der Waals surface area contributed by atoms with Crippen LogP contribution in [-0.4, -0.2) is 24.5 Å². The number of aromatic nitrogens is 5. The Bertz CT molecular complexity index is 874. The van der Waals surface area contributed by atoms with Crippen molar-refractivity contribution in [3.05, 3.63) is 54.9 Å². The maximum Gasteiger partial charge on any atom is 0.235 e. The van der Waals surface area contributed by atoms with Crippen molar-refractivity contribution in [1.82, 2.24) is 24.5 Å². The Labute approximate surface area is 120 Å². The molecule has 3 heterocycles. The number of benzene rings is 1. The Balaban J connectivity index is 1.74. The highest BCUT2D eigenvalue weighted by Crippen LogP contribution is 2.23. The van der Waals surface area contributed by atoms with E-state index in [-0.39, 0.29) is 0 Å². The van der Waals surface area contributed by atoms with Gasteiger partial charge in [0.2, 0.25) is 11.8 Å². The van der Waals surface area contributed by atoms with E-state index in [1.807, 2.05) is 42.0 Å². The van der Waals surface area contributed by atoms with Crippen molar-refractivity contribution in [2.75, 3.05) is 0 Å². The number of aryl methyl sites for hydroxylation is 1. The molecule has 4 aromatic rings. The molecular weight excluding hydrogens is 266 g/mol. The third-order valence-corrected chi connectivity index (χ3v) is 3.22. The highest BCUT2D eigenvalue weighted by atomic mass is 16.3. The first-order valence-electron chi connectivity index (χ1n) is 6.49. The van der Waals surface area contributed by atoms with Crippen molar-refractivity contribution >= 4 is 11.1 Å². The smallest absolute Gasteiger partial charge is 0.235 e. The lowest BCUT2D eigenvalue weighted by Crippen LogP contribution is -2.01. The monoisotopic (exact) mass is 277 g/mol. The van der Waals surface area contributed by atoms with Crippen LogP contribution < -0.4 is 0 Å². The Hall–Kier alpha value is -3.02. The van der Waals surface area contributed by atoms with Crippen molar-refractivity contribution in [1.29, 1.82) is 0 Å². The molecule has 6 nitrogen and oxygen atoms in total. The number of fused-ring (bicyclic) bond motifs is 1. The fraction of sp³-hybridized carbons (Fsp3) is 0.0667. The molecule has 0 saturated carbocycles. The molecule has 3 aromatic heterocycles. The molecule has 0 spiro atoms. The van der Waals surface area contributed by atoms with Gasteiger partial charge in [0.05, 0.1) is 5.56 Å². The van der Waals surface area contributed by atoms with Crippen LogP contribution >= 0.6 is 0 Å². The molecule has 0 unspecified atom stereocenters. The Morgan fingerprint density at radius 2 is 1.86 bits per heavy atom. The van der Waals surface area contributed by atoms with E-state index in [2.05, 4.69) is 19.9 Å². The van der Waals surface area contributed by atoms with Crippen LogP contribution in [0.4, 0.5) is 0 Å². The third-order valence-electron chi connectivity index (χ3n) is 3.22. The van der Waals surface area contributed by atoms with Crippen molar-refractivity contribution in [2.24, 2.45) is 0 Å². The molecular formula is C15H11N5O. The molecule has 0 radical (unpaired) electrons. The minimum Gasteiger partial charge on any atom is -0.436 e. The lowest BCUT2D eigenvalue weighted by molar-refractivity contribution is 0.619. The Morgan fingerprint density at radius 1 is 1.05 bits per heavy atom. The van der Waals surface area contributed by atoms with Gasteiger partial charge in [-0.05, 0) is 19.1 Å². The second-order valence-electron chi connectivity index (χ2n) is 4.60. The van der Waals surface area contributed by atoms with Crippen LogP contribution in [-0.2, 0) is 0 Å². The van der Waals surface area contributed by atoms with Gasteiger partial charge < -0.3 is 4.42 Å². The summed E-state index contributed by atoms with van der Waals surface area (Å²) in [6, 6.07) is 7.64. The minimum absolute atomic E-state index is 0.519. The Kier molecular flexibility index (Phi) is 2.53. The fourth-order valence-corrected chi connectivity index (χ4v) is 2.14. The molecule has 0 amide bonds. The molecule has 0 N–H and O–H groups in total. The first-order chi connectivity index (χ1) is 10.3. The summed E-state index contributed by atoms with van der Waals surface area (Å²) >= 11 is 0. The number of hydrogen-bond donors (Lipinski definition) is 0. The summed E-state index contributed by atoms with van der Waals surface area (Å²) < 4.78 is 7.51. The van der Waals surface area contributed by atoms with Gasteiger partial charge in [-0.15, -0.1) is 0 Å². The molecule has 0 aliphatic heterocycles. The van der Waals surface area contributed by atoms with Gasteiger partial charge in [-0.3, -0.25) is 4.57 Å². The molecule has 0 fully saturated rings. The second-order valence-corrected chi connectivity index (χ2v) is 4.60. The summed E-state index contributed by atoms with van der Waals surface area (Å²) in [6.07, 6.45) is 6.94. The number of imidazole rings is 1. The van der Waals surface area contributed by atoms with E-state index in [0.717, 1.165) is 22.5 Å². The zero-order chi connectivity index (χ0) is 14.2. The van der Waals surface area contributed by atoms with Gasteiger partial charge in [-0.1, -0.05) is 12.1 Å². The molecule has 0 bridgehead atoms. The average molecular weight is 277 g/mol. The zero-order valence-electron chi connectivity index (χ0n) is 11.3. The van der Waals surface area contributed by atoms with E-state index < -0.39 is 0 Å². The van der Waals surface area contributed by atoms with Crippen LogP contribution in [0.5, 0.6) is 0 Å². The zero-order valence-corrected chi connectivity index (χ0v) is 11.3. The lowest BCUT2D eigenvalue weighted by Gasteiger charge is -2.02. The summed E-state index contributed by atoms with van der Waals surface area (Å²) in [5.41, 5.74) is 2.32. The Morgan fingerprint density at radius 3 is 2.57 bits per heavy atom. The highest BCUT2D eigenvalue weighted by molar-refractivity contribution is 5.75. The van der Waals surface area contributed by atoms with Crippen molar-refractivity contribution < 1.29 is 4.42 Å². The lowest BCUT2D eigenvalue weighted by atomic mass is 10.3. The SMILES string of the molecule is Cc1nccn1-c1ncc(-c2nc3ccccc3o2)cn1. The van der Waals surface area contributed by atoms with E-state index in [9.17, 15) is 0 Å². The topological polar surface area (TPSA) is 69.6 Å². The summed E-state index contributed by atoms with van der Waals surface area (Å²) in [5.74, 6) is 1.93. The predicted octanol–water partition coefficient (Wildman–Crippen LogP) is 2.78. The highest BCUT2D eigenvalue weighted by Gasteiger charge is 2.10. The van der Waals surface area contributed by atoms with Crippen molar-refractivity contribution in [3.8, 4) is 17.4 Å². The number of nitrogens with zero attached hydrogens (tertiary/aromatic N) is 5. The van der Waals surface area contributed by atoms with Crippen LogP contribution in [0.2, 0.25) is 0 Å². The second kappa shape index (κ2) is 4.52.